The zero-order valence-electron chi connectivity index (χ0n) is 11.9. The molecule has 0 aliphatic carbocycles. The van der Waals surface area contributed by atoms with Crippen LogP contribution in [0.25, 0.3) is 0 Å². The zero-order valence-corrected chi connectivity index (χ0v) is 11.9. The number of anilines is 1. The number of ether oxygens (including phenoxy) is 1. The summed E-state index contributed by atoms with van der Waals surface area (Å²) < 4.78 is 10.9. The summed E-state index contributed by atoms with van der Waals surface area (Å²) in [7, 11) is 3.50. The Morgan fingerprint density at radius 3 is 2.63 bits per heavy atom. The number of hydrogen-bond acceptors (Lipinski definition) is 4. The highest BCUT2D eigenvalue weighted by Gasteiger charge is 2.09. The molecule has 0 saturated carbocycles. The van der Waals surface area contributed by atoms with Crippen molar-refractivity contribution < 1.29 is 9.15 Å². The number of hydrogen-bond donors (Lipinski definition) is 1. The predicted octanol–water partition coefficient (Wildman–Crippen LogP) is 3.13. The molecular weight excluding hydrogens is 240 g/mol. The van der Waals surface area contributed by atoms with Crippen molar-refractivity contribution >= 4 is 6.01 Å². The van der Waals surface area contributed by atoms with Crippen molar-refractivity contribution in [1.82, 2.24) is 4.98 Å². The number of aromatic nitrogens is 1. The Morgan fingerprint density at radius 1 is 1.26 bits per heavy atom. The van der Waals surface area contributed by atoms with E-state index in [1.807, 2.05) is 20.0 Å². The molecule has 0 spiro atoms. The standard InChI is InChI=1S/C15H20N2O2/c1-10-9-12(5-7-13(10)18-4)6-8-14-11(2)17-15(16-3)19-14/h5,7,9H,6,8H2,1-4H3,(H,16,17). The Kier molecular flexibility index (Phi) is 4.10. The lowest BCUT2D eigenvalue weighted by Crippen LogP contribution is -1.94. The number of nitrogens with zero attached hydrogens (tertiary/aromatic N) is 1. The largest absolute Gasteiger partial charge is 0.496 e. The Morgan fingerprint density at radius 2 is 2.05 bits per heavy atom. The van der Waals surface area contributed by atoms with Crippen LogP contribution < -0.4 is 10.1 Å². The highest BCUT2D eigenvalue weighted by Crippen LogP contribution is 2.21. The van der Waals surface area contributed by atoms with E-state index in [0.717, 1.165) is 35.6 Å². The van der Waals surface area contributed by atoms with Gasteiger partial charge in [-0.3, -0.25) is 0 Å². The molecule has 1 N–H and O–H groups in total. The molecule has 4 nitrogen and oxygen atoms in total. The fraction of sp³-hybridized carbons (Fsp3) is 0.400. The molecule has 0 saturated heterocycles. The van der Waals surface area contributed by atoms with Crippen molar-refractivity contribution in [1.29, 1.82) is 0 Å². The molecule has 0 atom stereocenters. The number of aryl methyl sites for hydroxylation is 4. The molecule has 0 aliphatic rings. The first-order chi connectivity index (χ1) is 9.13. The Balaban J connectivity index is 2.05. The van der Waals surface area contributed by atoms with Gasteiger partial charge < -0.3 is 14.5 Å². The summed E-state index contributed by atoms with van der Waals surface area (Å²) in [6.45, 7) is 4.03. The lowest BCUT2D eigenvalue weighted by Gasteiger charge is -2.06. The van der Waals surface area contributed by atoms with Crippen molar-refractivity contribution in [2.24, 2.45) is 0 Å². The van der Waals surface area contributed by atoms with Crippen LogP contribution in [0.3, 0.4) is 0 Å². The van der Waals surface area contributed by atoms with Crippen LogP contribution in [0.1, 0.15) is 22.6 Å². The van der Waals surface area contributed by atoms with E-state index >= 15 is 0 Å². The first kappa shape index (κ1) is 13.5. The number of benzene rings is 1. The van der Waals surface area contributed by atoms with Crippen LogP contribution >= 0.6 is 0 Å². The summed E-state index contributed by atoms with van der Waals surface area (Å²) in [5.74, 6) is 1.87. The highest BCUT2D eigenvalue weighted by molar-refractivity contribution is 5.36. The molecule has 0 unspecified atom stereocenters. The minimum absolute atomic E-state index is 0.582. The van der Waals surface area contributed by atoms with Gasteiger partial charge in [-0.2, -0.15) is 4.98 Å². The van der Waals surface area contributed by atoms with Crippen LogP contribution in [-0.2, 0) is 12.8 Å². The zero-order chi connectivity index (χ0) is 13.8. The summed E-state index contributed by atoms with van der Waals surface area (Å²) in [4.78, 5) is 4.29. The molecular formula is C15H20N2O2. The van der Waals surface area contributed by atoms with Crippen LogP contribution in [0.15, 0.2) is 22.6 Å². The molecule has 0 amide bonds. The minimum Gasteiger partial charge on any atom is -0.496 e. The summed E-state index contributed by atoms with van der Waals surface area (Å²) in [5.41, 5.74) is 3.39. The Labute approximate surface area is 113 Å². The van der Waals surface area contributed by atoms with E-state index in [2.05, 4.69) is 29.4 Å². The molecule has 1 aromatic carbocycles. The highest BCUT2D eigenvalue weighted by atomic mass is 16.5. The van der Waals surface area contributed by atoms with Crippen LogP contribution in [-0.4, -0.2) is 19.1 Å². The van der Waals surface area contributed by atoms with Gasteiger partial charge in [-0.15, -0.1) is 0 Å². The summed E-state index contributed by atoms with van der Waals surface area (Å²) in [6.07, 6.45) is 1.79. The molecule has 1 heterocycles. The third kappa shape index (κ3) is 3.08. The van der Waals surface area contributed by atoms with Gasteiger partial charge in [0.1, 0.15) is 11.5 Å². The second-order valence-corrected chi connectivity index (χ2v) is 4.58. The molecule has 19 heavy (non-hydrogen) atoms. The van der Waals surface area contributed by atoms with E-state index in [1.165, 1.54) is 5.56 Å². The normalized spacial score (nSPS) is 10.5. The summed E-state index contributed by atoms with van der Waals surface area (Å²) >= 11 is 0. The number of rotatable bonds is 5. The minimum atomic E-state index is 0.582. The van der Waals surface area contributed by atoms with E-state index in [1.54, 1.807) is 7.11 Å². The van der Waals surface area contributed by atoms with Crippen LogP contribution in [0.2, 0.25) is 0 Å². The van der Waals surface area contributed by atoms with Crippen molar-refractivity contribution in [3.63, 3.8) is 0 Å². The molecule has 0 bridgehead atoms. The summed E-state index contributed by atoms with van der Waals surface area (Å²) in [5, 5.41) is 2.92. The predicted molar refractivity (Wildman–Crippen MR) is 75.9 cm³/mol. The Hall–Kier alpha value is -1.97. The number of oxazole rings is 1. The average molecular weight is 260 g/mol. The maximum Gasteiger partial charge on any atom is 0.294 e. The van der Waals surface area contributed by atoms with Gasteiger partial charge in [-0.25, -0.2) is 0 Å². The lowest BCUT2D eigenvalue weighted by molar-refractivity contribution is 0.411. The van der Waals surface area contributed by atoms with Gasteiger partial charge in [0.15, 0.2) is 0 Å². The third-order valence-corrected chi connectivity index (χ3v) is 3.21. The quantitative estimate of drug-likeness (QED) is 0.897. The monoisotopic (exact) mass is 260 g/mol. The molecule has 2 rings (SSSR count). The smallest absolute Gasteiger partial charge is 0.294 e. The van der Waals surface area contributed by atoms with Gasteiger partial charge in [-0.1, -0.05) is 12.1 Å². The Bertz CT molecular complexity index is 561. The fourth-order valence-electron chi connectivity index (χ4n) is 2.12. The first-order valence-corrected chi connectivity index (χ1v) is 6.41. The number of nitrogens with one attached hydrogen (secondary N) is 1. The van der Waals surface area contributed by atoms with E-state index < -0.39 is 0 Å². The molecule has 4 heteroatoms. The first-order valence-electron chi connectivity index (χ1n) is 6.41. The van der Waals surface area contributed by atoms with Gasteiger partial charge in [-0.05, 0) is 37.5 Å². The van der Waals surface area contributed by atoms with Crippen molar-refractivity contribution in [3.8, 4) is 5.75 Å². The number of methoxy groups -OCH3 is 1. The van der Waals surface area contributed by atoms with Crippen LogP contribution in [0.5, 0.6) is 5.75 Å². The van der Waals surface area contributed by atoms with Crippen LogP contribution in [0, 0.1) is 13.8 Å². The fourth-order valence-corrected chi connectivity index (χ4v) is 2.12. The third-order valence-electron chi connectivity index (χ3n) is 3.21. The molecule has 2 aromatic rings. The topological polar surface area (TPSA) is 47.3 Å². The van der Waals surface area contributed by atoms with E-state index in [9.17, 15) is 0 Å². The summed E-state index contributed by atoms with van der Waals surface area (Å²) in [6, 6.07) is 6.84. The SMILES string of the molecule is CNc1nc(C)c(CCc2ccc(OC)c(C)c2)o1. The average Bonchev–Trinajstić information content (AvgIpc) is 2.77. The second-order valence-electron chi connectivity index (χ2n) is 4.58. The maximum absolute atomic E-state index is 5.61. The van der Waals surface area contributed by atoms with E-state index in [4.69, 9.17) is 9.15 Å². The van der Waals surface area contributed by atoms with Crippen molar-refractivity contribution in [2.75, 3.05) is 19.5 Å². The van der Waals surface area contributed by atoms with Crippen molar-refractivity contribution in [2.45, 2.75) is 26.7 Å². The second kappa shape index (κ2) is 5.78. The van der Waals surface area contributed by atoms with Gasteiger partial charge >= 0.3 is 0 Å². The molecule has 1 aromatic heterocycles. The maximum atomic E-state index is 5.61. The molecule has 0 radical (unpaired) electrons. The van der Waals surface area contributed by atoms with Gasteiger partial charge in [0.05, 0.1) is 12.8 Å². The van der Waals surface area contributed by atoms with E-state index in [-0.39, 0.29) is 0 Å². The molecule has 0 aliphatic heterocycles. The molecule has 102 valence electrons. The van der Waals surface area contributed by atoms with Gasteiger partial charge in [0.2, 0.25) is 0 Å². The molecule has 0 fully saturated rings. The van der Waals surface area contributed by atoms with Crippen LogP contribution in [0.4, 0.5) is 6.01 Å². The van der Waals surface area contributed by atoms with E-state index in [0.29, 0.717) is 6.01 Å². The van der Waals surface area contributed by atoms with Crippen molar-refractivity contribution in [3.05, 3.63) is 40.8 Å². The van der Waals surface area contributed by atoms with Gasteiger partial charge in [0.25, 0.3) is 6.01 Å². The van der Waals surface area contributed by atoms with Gasteiger partial charge in [0, 0.05) is 13.5 Å². The lowest BCUT2D eigenvalue weighted by atomic mass is 10.0.